The highest BCUT2D eigenvalue weighted by molar-refractivity contribution is 6.18. The van der Waals surface area contributed by atoms with E-state index < -0.39 is 0 Å². The summed E-state index contributed by atoms with van der Waals surface area (Å²) in [6, 6.07) is 85.3. The molecular formula is C62H40N4. The summed E-state index contributed by atoms with van der Waals surface area (Å²) in [7, 11) is 0. The van der Waals surface area contributed by atoms with Crippen LogP contribution in [0.1, 0.15) is 0 Å². The van der Waals surface area contributed by atoms with E-state index in [1.165, 1.54) is 32.7 Å². The van der Waals surface area contributed by atoms with E-state index in [1.807, 2.05) is 12.1 Å². The Bertz CT molecular complexity index is 3600. The third kappa shape index (κ3) is 7.36. The van der Waals surface area contributed by atoms with Crippen molar-refractivity contribution >= 4 is 32.4 Å². The first-order valence-electron chi connectivity index (χ1n) is 22.3. The first-order valence-corrected chi connectivity index (χ1v) is 22.3. The van der Waals surface area contributed by atoms with E-state index in [0.717, 1.165) is 72.2 Å². The van der Waals surface area contributed by atoms with Gasteiger partial charge in [0.2, 0.25) is 0 Å². The van der Waals surface area contributed by atoms with Gasteiger partial charge in [0.1, 0.15) is 0 Å². The van der Waals surface area contributed by atoms with Gasteiger partial charge in [-0.15, -0.1) is 0 Å². The Labute approximate surface area is 383 Å². The lowest BCUT2D eigenvalue weighted by molar-refractivity contribution is 1.07. The van der Waals surface area contributed by atoms with Crippen LogP contribution < -0.4 is 0 Å². The second-order valence-corrected chi connectivity index (χ2v) is 16.6. The van der Waals surface area contributed by atoms with Crippen LogP contribution in [0.2, 0.25) is 0 Å². The lowest BCUT2D eigenvalue weighted by Crippen LogP contribution is -2.00. The molecule has 2 heterocycles. The number of aromatic nitrogens is 4. The maximum Gasteiger partial charge on any atom is 0.164 e. The second kappa shape index (κ2) is 16.7. The molecule has 10 aromatic carbocycles. The molecule has 0 aliphatic carbocycles. The van der Waals surface area contributed by atoms with Gasteiger partial charge in [-0.1, -0.05) is 237 Å². The van der Waals surface area contributed by atoms with Crippen molar-refractivity contribution < 1.29 is 0 Å². The Morgan fingerprint density at radius 2 is 0.561 bits per heavy atom. The van der Waals surface area contributed by atoms with E-state index in [-0.39, 0.29) is 0 Å². The zero-order chi connectivity index (χ0) is 43.8. The topological polar surface area (TPSA) is 51.6 Å². The normalized spacial score (nSPS) is 11.3. The standard InChI is InChI=1S/C62H40N4/c1-3-12-41(13-4-1)43-24-32-49(33-25-43)60-64-61(50-34-26-44(27-35-50)42-14-5-2-6-15-42)66-62(65-60)51-36-28-46(29-37-51)53-18-11-17-52(40-53)45-22-30-48(31-23-45)58-56-21-10-9-20-55(56)57-39-38-47-16-7-8-19-54(47)59(57)63-58/h1-40H. The van der Waals surface area contributed by atoms with Crippen molar-refractivity contribution in [2.24, 2.45) is 0 Å². The summed E-state index contributed by atoms with van der Waals surface area (Å²) in [5.74, 6) is 1.88. The Hall–Kier alpha value is -8.86. The molecule has 0 atom stereocenters. The minimum absolute atomic E-state index is 0.622. The Morgan fingerprint density at radius 3 is 1.06 bits per heavy atom. The highest BCUT2D eigenvalue weighted by atomic mass is 15.0. The van der Waals surface area contributed by atoms with Crippen LogP contribution in [0.5, 0.6) is 0 Å². The number of benzene rings is 10. The van der Waals surface area contributed by atoms with Gasteiger partial charge in [-0.25, -0.2) is 19.9 Å². The molecule has 0 unspecified atom stereocenters. The Morgan fingerprint density at radius 1 is 0.197 bits per heavy atom. The molecule has 0 aliphatic heterocycles. The monoisotopic (exact) mass is 840 g/mol. The molecule has 0 amide bonds. The predicted molar refractivity (Wildman–Crippen MR) is 274 cm³/mol. The summed E-state index contributed by atoms with van der Waals surface area (Å²) < 4.78 is 0. The van der Waals surface area contributed by atoms with Gasteiger partial charge in [0, 0.05) is 38.4 Å². The number of fused-ring (bicyclic) bond motifs is 5. The van der Waals surface area contributed by atoms with Gasteiger partial charge in [-0.3, -0.25) is 0 Å². The highest BCUT2D eigenvalue weighted by Gasteiger charge is 2.16. The van der Waals surface area contributed by atoms with Gasteiger partial charge in [0.05, 0.1) is 11.2 Å². The molecule has 0 aliphatic rings. The third-order valence-electron chi connectivity index (χ3n) is 12.6. The zero-order valence-electron chi connectivity index (χ0n) is 35.9. The quantitative estimate of drug-likeness (QED) is 0.143. The summed E-state index contributed by atoms with van der Waals surface area (Å²) in [5.41, 5.74) is 15.0. The average Bonchev–Trinajstić information content (AvgIpc) is 3.41. The number of rotatable bonds is 8. The summed E-state index contributed by atoms with van der Waals surface area (Å²) >= 11 is 0. The van der Waals surface area contributed by atoms with Crippen LogP contribution in [0, 0.1) is 0 Å². The van der Waals surface area contributed by atoms with Gasteiger partial charge in [-0.2, -0.15) is 0 Å². The van der Waals surface area contributed by atoms with E-state index in [9.17, 15) is 0 Å². The summed E-state index contributed by atoms with van der Waals surface area (Å²) in [6.07, 6.45) is 0. The number of nitrogens with zero attached hydrogens (tertiary/aromatic N) is 4. The number of pyridine rings is 1. The van der Waals surface area contributed by atoms with Crippen molar-refractivity contribution in [3.05, 3.63) is 243 Å². The minimum atomic E-state index is 0.622. The van der Waals surface area contributed by atoms with Crippen LogP contribution in [0.25, 0.3) is 122 Å². The SMILES string of the molecule is c1ccc(-c2ccc(-c3nc(-c4ccc(-c5ccccc5)cc4)nc(-c4ccc(-c5cccc(-c6ccc(-c7nc8c9ccccc9ccc8c8ccccc78)cc6)c5)cc4)n3)cc2)cc1. The fourth-order valence-corrected chi connectivity index (χ4v) is 9.07. The molecule has 0 bridgehead atoms. The van der Waals surface area contributed by atoms with Crippen molar-refractivity contribution in [1.82, 2.24) is 19.9 Å². The van der Waals surface area contributed by atoms with Crippen molar-refractivity contribution in [3.8, 4) is 89.9 Å². The fraction of sp³-hybridized carbons (Fsp3) is 0. The fourth-order valence-electron chi connectivity index (χ4n) is 9.07. The van der Waals surface area contributed by atoms with Crippen molar-refractivity contribution in [3.63, 3.8) is 0 Å². The summed E-state index contributed by atoms with van der Waals surface area (Å²) in [4.78, 5) is 20.5. The van der Waals surface area contributed by atoms with Crippen LogP contribution >= 0.6 is 0 Å². The maximum atomic E-state index is 5.34. The van der Waals surface area contributed by atoms with E-state index in [2.05, 4.69) is 231 Å². The lowest BCUT2D eigenvalue weighted by atomic mass is 9.95. The van der Waals surface area contributed by atoms with E-state index in [4.69, 9.17) is 19.9 Å². The Balaban J connectivity index is 0.857. The molecule has 0 radical (unpaired) electrons. The molecular weight excluding hydrogens is 801 g/mol. The average molecular weight is 841 g/mol. The van der Waals surface area contributed by atoms with E-state index >= 15 is 0 Å². The first-order chi connectivity index (χ1) is 32.7. The Kier molecular flexibility index (Phi) is 9.81. The van der Waals surface area contributed by atoms with Crippen LogP contribution in [-0.2, 0) is 0 Å². The van der Waals surface area contributed by atoms with Crippen LogP contribution in [0.4, 0.5) is 0 Å². The molecule has 0 spiro atoms. The van der Waals surface area contributed by atoms with Crippen LogP contribution in [0.3, 0.4) is 0 Å². The number of hydrogen-bond acceptors (Lipinski definition) is 4. The van der Waals surface area contributed by atoms with Gasteiger partial charge < -0.3 is 0 Å². The van der Waals surface area contributed by atoms with Crippen LogP contribution in [-0.4, -0.2) is 19.9 Å². The second-order valence-electron chi connectivity index (χ2n) is 16.6. The molecule has 12 rings (SSSR count). The zero-order valence-corrected chi connectivity index (χ0v) is 35.9. The van der Waals surface area contributed by atoms with E-state index in [1.54, 1.807) is 0 Å². The molecule has 308 valence electrons. The van der Waals surface area contributed by atoms with Gasteiger partial charge in [-0.05, 0) is 61.3 Å². The maximum absolute atomic E-state index is 5.34. The minimum Gasteiger partial charge on any atom is -0.246 e. The molecule has 0 N–H and O–H groups in total. The van der Waals surface area contributed by atoms with Crippen molar-refractivity contribution in [1.29, 1.82) is 0 Å². The molecule has 2 aromatic heterocycles. The molecule has 12 aromatic rings. The van der Waals surface area contributed by atoms with Gasteiger partial charge in [0.15, 0.2) is 17.5 Å². The number of hydrogen-bond donors (Lipinski definition) is 0. The molecule has 66 heavy (non-hydrogen) atoms. The molecule has 0 fully saturated rings. The molecule has 4 nitrogen and oxygen atoms in total. The lowest BCUT2D eigenvalue weighted by Gasteiger charge is -2.13. The first kappa shape index (κ1) is 38.8. The van der Waals surface area contributed by atoms with E-state index in [0.29, 0.717) is 17.5 Å². The molecule has 0 saturated heterocycles. The summed E-state index contributed by atoms with van der Waals surface area (Å²) in [5, 5.41) is 5.90. The van der Waals surface area contributed by atoms with Crippen molar-refractivity contribution in [2.45, 2.75) is 0 Å². The van der Waals surface area contributed by atoms with Gasteiger partial charge in [0.25, 0.3) is 0 Å². The molecule has 4 heteroatoms. The predicted octanol–water partition coefficient (Wildman–Crippen LogP) is 16.1. The van der Waals surface area contributed by atoms with Crippen molar-refractivity contribution in [2.75, 3.05) is 0 Å². The van der Waals surface area contributed by atoms with Crippen LogP contribution in [0.15, 0.2) is 243 Å². The smallest absolute Gasteiger partial charge is 0.164 e. The third-order valence-corrected chi connectivity index (χ3v) is 12.6. The summed E-state index contributed by atoms with van der Waals surface area (Å²) in [6.45, 7) is 0. The molecule has 0 saturated carbocycles. The highest BCUT2D eigenvalue weighted by Crippen LogP contribution is 2.37. The van der Waals surface area contributed by atoms with Gasteiger partial charge >= 0.3 is 0 Å². The largest absolute Gasteiger partial charge is 0.246 e.